The van der Waals surface area contributed by atoms with Gasteiger partial charge in [-0.15, -0.1) is 0 Å². The molecule has 4 heterocycles. The van der Waals surface area contributed by atoms with Crippen LogP contribution >= 0.6 is 0 Å². The van der Waals surface area contributed by atoms with E-state index in [-0.39, 0.29) is 23.9 Å². The van der Waals surface area contributed by atoms with Crippen LogP contribution in [0.5, 0.6) is 17.2 Å². The molecule has 0 aliphatic carbocycles. The first-order valence-electron chi connectivity index (χ1n) is 17.9. The molecule has 10 heteroatoms. The van der Waals surface area contributed by atoms with Crippen molar-refractivity contribution in [3.05, 3.63) is 124 Å². The average molecular weight is 708 g/mol. The van der Waals surface area contributed by atoms with Gasteiger partial charge in [0.15, 0.2) is 11.5 Å². The highest BCUT2D eigenvalue weighted by Gasteiger charge is 2.35. The summed E-state index contributed by atoms with van der Waals surface area (Å²) < 4.78 is 17.9. The van der Waals surface area contributed by atoms with Crippen molar-refractivity contribution in [3.8, 4) is 17.2 Å². The Morgan fingerprint density at radius 3 is 1.79 bits per heavy atom. The van der Waals surface area contributed by atoms with Gasteiger partial charge < -0.3 is 29.7 Å². The summed E-state index contributed by atoms with van der Waals surface area (Å²) in [6.07, 6.45) is 9.54. The van der Waals surface area contributed by atoms with Crippen LogP contribution in [-0.4, -0.2) is 66.5 Å². The second-order valence-corrected chi connectivity index (χ2v) is 13.8. The summed E-state index contributed by atoms with van der Waals surface area (Å²) >= 11 is 0. The molecule has 0 saturated carbocycles. The maximum atomic E-state index is 13.7. The van der Waals surface area contributed by atoms with Crippen LogP contribution in [-0.2, 0) is 6.54 Å². The van der Waals surface area contributed by atoms with Gasteiger partial charge in [-0.3, -0.25) is 19.6 Å². The molecule has 0 radical (unpaired) electrons. The summed E-state index contributed by atoms with van der Waals surface area (Å²) in [5.74, 6) is 1.43. The molecular weight excluding hydrogens is 667 g/mol. The lowest BCUT2D eigenvalue weighted by Crippen LogP contribution is -2.32. The Morgan fingerprint density at radius 1 is 0.698 bits per heavy atom. The second kappa shape index (κ2) is 14.2. The van der Waals surface area contributed by atoms with Gasteiger partial charge in [0, 0.05) is 62.8 Å². The van der Waals surface area contributed by atoms with Crippen molar-refractivity contribution in [1.29, 1.82) is 0 Å². The molecule has 0 saturated heterocycles. The highest BCUT2D eigenvalue weighted by Crippen LogP contribution is 2.40. The van der Waals surface area contributed by atoms with Crippen molar-refractivity contribution in [1.82, 2.24) is 9.80 Å². The molecule has 4 aliphatic heterocycles. The predicted molar refractivity (Wildman–Crippen MR) is 207 cm³/mol. The van der Waals surface area contributed by atoms with Gasteiger partial charge in [0.2, 0.25) is 0 Å². The molecule has 4 aliphatic rings. The maximum Gasteiger partial charge on any atom is 0.260 e. The van der Waals surface area contributed by atoms with E-state index in [0.717, 1.165) is 39.8 Å². The summed E-state index contributed by atoms with van der Waals surface area (Å²) in [6.45, 7) is 5.23. The van der Waals surface area contributed by atoms with Gasteiger partial charge >= 0.3 is 0 Å². The number of hydrogen-bond donors (Lipinski definition) is 1. The Balaban J connectivity index is 0.897. The van der Waals surface area contributed by atoms with Gasteiger partial charge in [-0.25, -0.2) is 0 Å². The summed E-state index contributed by atoms with van der Waals surface area (Å²) in [5.41, 5.74) is 15.4. The lowest BCUT2D eigenvalue weighted by atomic mass is 10.0. The zero-order valence-electron chi connectivity index (χ0n) is 30.0. The number of nitrogens with two attached hydrogens (primary N) is 1. The number of ether oxygens (including phenoxy) is 3. The van der Waals surface area contributed by atoms with Crippen molar-refractivity contribution in [2.75, 3.05) is 20.3 Å². The lowest BCUT2D eigenvalue weighted by Gasteiger charge is -2.19. The van der Waals surface area contributed by atoms with E-state index in [9.17, 15) is 9.59 Å². The maximum absolute atomic E-state index is 13.7. The van der Waals surface area contributed by atoms with Crippen LogP contribution in [0.2, 0.25) is 0 Å². The van der Waals surface area contributed by atoms with Crippen LogP contribution in [0.4, 0.5) is 11.4 Å². The number of hydrogen-bond acceptors (Lipinski definition) is 8. The molecule has 0 bridgehead atoms. The minimum Gasteiger partial charge on any atom is -0.493 e. The number of benzene rings is 4. The first-order chi connectivity index (χ1) is 25.8. The Morgan fingerprint density at radius 2 is 1.23 bits per heavy atom. The number of aryl methyl sites for hydroxylation is 2. The van der Waals surface area contributed by atoms with Crippen LogP contribution < -0.4 is 19.9 Å². The Bertz CT molecular complexity index is 2220. The van der Waals surface area contributed by atoms with Crippen LogP contribution in [0.1, 0.15) is 67.8 Å². The molecule has 53 heavy (non-hydrogen) atoms. The van der Waals surface area contributed by atoms with Gasteiger partial charge in [-0.2, -0.15) is 0 Å². The monoisotopic (exact) mass is 707 g/mol. The predicted octanol–water partition coefficient (Wildman–Crippen LogP) is 7.56. The summed E-state index contributed by atoms with van der Waals surface area (Å²) in [7, 11) is 1.56. The number of fused-ring (bicyclic) bond motifs is 4. The van der Waals surface area contributed by atoms with Crippen LogP contribution in [0, 0.1) is 13.8 Å². The average Bonchev–Trinajstić information content (AvgIpc) is 3.76. The lowest BCUT2D eigenvalue weighted by molar-refractivity contribution is 0.0809. The highest BCUT2D eigenvalue weighted by atomic mass is 16.5. The van der Waals surface area contributed by atoms with Crippen molar-refractivity contribution in [2.45, 2.75) is 51.7 Å². The van der Waals surface area contributed by atoms with Crippen LogP contribution in [0.15, 0.2) is 95.2 Å². The number of carbonyl (C=O) groups excluding carboxylic acids is 2. The fraction of sp³-hybridized carbons (Fsp3) is 0.256. The first kappa shape index (κ1) is 34.1. The van der Waals surface area contributed by atoms with E-state index in [1.807, 2.05) is 68.2 Å². The highest BCUT2D eigenvalue weighted by molar-refractivity contribution is 6.06. The van der Waals surface area contributed by atoms with Crippen LogP contribution in [0.3, 0.4) is 0 Å². The van der Waals surface area contributed by atoms with E-state index >= 15 is 0 Å². The largest absolute Gasteiger partial charge is 0.493 e. The third-order valence-electron chi connectivity index (χ3n) is 10.2. The van der Waals surface area contributed by atoms with Crippen molar-refractivity contribution >= 4 is 46.8 Å². The normalized spacial score (nSPS) is 18.4. The number of aliphatic imine (C=N–C) groups is 2. The topological polar surface area (TPSA) is 119 Å². The van der Waals surface area contributed by atoms with Crippen molar-refractivity contribution < 1.29 is 23.8 Å². The van der Waals surface area contributed by atoms with Gasteiger partial charge in [0.05, 0.1) is 54.9 Å². The third-order valence-corrected chi connectivity index (χ3v) is 10.2. The molecule has 4 aromatic rings. The molecule has 2 N–H and O–H groups in total. The number of nitrogens with zero attached hydrogens (tertiary/aromatic N) is 4. The third kappa shape index (κ3) is 6.62. The first-order valence-corrected chi connectivity index (χ1v) is 17.9. The standard InChI is InChI=1S/C43H41N5O5/c1-26-5-9-29(10-6-26)31-16-33-22-45-37-19-39(27(2)15-35(37)42(49)47(33)24-31)52-13-4-14-53-41-20-38-36(18-40(41)51-3)43(50)48-25-32(17-34(48)23-46-38)30-11-7-28(21-44)8-12-30/h5-12,15,18-20,22-25,33-34H,4,13-14,16-17,21,44H2,1-3H3/t33-,34-/m0/s1. The molecule has 2 amide bonds. The SMILES string of the molecule is COc1cc2c(cc1OCCCOc1cc3c(cc1C)C(=O)N1C=C(c4ccc(C)cc4)C[C@H]1C=N3)N=C[C@@H]1CC(c3ccc(CN)cc3)=CN1C2=O. The summed E-state index contributed by atoms with van der Waals surface area (Å²) in [4.78, 5) is 40.4. The number of rotatable bonds is 10. The van der Waals surface area contributed by atoms with Gasteiger partial charge in [-0.05, 0) is 59.4 Å². The quantitative estimate of drug-likeness (QED) is 0.170. The molecule has 0 fully saturated rings. The minimum absolute atomic E-state index is 0.0658. The molecule has 2 atom stereocenters. The van der Waals surface area contributed by atoms with E-state index < -0.39 is 0 Å². The van der Waals surface area contributed by atoms with E-state index in [1.165, 1.54) is 5.56 Å². The number of amides is 2. The van der Waals surface area contributed by atoms with E-state index in [1.54, 1.807) is 29.0 Å². The van der Waals surface area contributed by atoms with Gasteiger partial charge in [0.1, 0.15) is 5.75 Å². The zero-order chi connectivity index (χ0) is 36.6. The van der Waals surface area contributed by atoms with E-state index in [2.05, 4.69) is 31.2 Å². The van der Waals surface area contributed by atoms with Gasteiger partial charge in [-0.1, -0.05) is 54.1 Å². The molecule has 0 unspecified atom stereocenters. The molecule has 4 aromatic carbocycles. The fourth-order valence-electron chi connectivity index (χ4n) is 7.20. The van der Waals surface area contributed by atoms with Crippen molar-refractivity contribution in [3.63, 3.8) is 0 Å². The zero-order valence-corrected chi connectivity index (χ0v) is 30.0. The summed E-state index contributed by atoms with van der Waals surface area (Å²) in [5, 5.41) is 0. The molecular formula is C43H41N5O5. The van der Waals surface area contributed by atoms with E-state index in [0.29, 0.717) is 72.4 Å². The van der Waals surface area contributed by atoms with Gasteiger partial charge in [0.25, 0.3) is 11.8 Å². The Labute approximate surface area is 308 Å². The van der Waals surface area contributed by atoms with Crippen molar-refractivity contribution in [2.24, 2.45) is 15.7 Å². The van der Waals surface area contributed by atoms with E-state index in [4.69, 9.17) is 29.9 Å². The Kier molecular flexibility index (Phi) is 9.14. The number of methoxy groups -OCH3 is 1. The molecule has 0 spiro atoms. The number of carbonyl (C=O) groups is 2. The molecule has 8 rings (SSSR count). The second-order valence-electron chi connectivity index (χ2n) is 13.8. The van der Waals surface area contributed by atoms with Crippen LogP contribution in [0.25, 0.3) is 11.1 Å². The summed E-state index contributed by atoms with van der Waals surface area (Å²) in [6, 6.07) is 23.4. The smallest absolute Gasteiger partial charge is 0.260 e. The molecule has 10 nitrogen and oxygen atoms in total. The minimum atomic E-state index is -0.183. The Hall–Kier alpha value is -6.00. The fourth-order valence-corrected chi connectivity index (χ4v) is 7.20. The molecule has 0 aromatic heterocycles. The molecule has 268 valence electrons.